The van der Waals surface area contributed by atoms with Gasteiger partial charge in [0.1, 0.15) is 0 Å². The largest absolute Gasteiger partial charge is 0.337 e. The van der Waals surface area contributed by atoms with Crippen LogP contribution in [0.2, 0.25) is 0 Å². The summed E-state index contributed by atoms with van der Waals surface area (Å²) in [6, 6.07) is 38.8. The number of carbonyl (C=O) groups is 1. The number of carbonyl (C=O) groups excluding carboxylic acids is 1. The highest BCUT2D eigenvalue weighted by Crippen LogP contribution is 2.37. The summed E-state index contributed by atoms with van der Waals surface area (Å²) >= 11 is 0. The van der Waals surface area contributed by atoms with Gasteiger partial charge in [0, 0.05) is 52.1 Å². The zero-order valence-electron chi connectivity index (χ0n) is 20.3. The summed E-state index contributed by atoms with van der Waals surface area (Å²) in [6.07, 6.45) is 0. The van der Waals surface area contributed by atoms with Gasteiger partial charge in [-0.2, -0.15) is 0 Å². The standard InChI is InChI=1S/C33H23N3O/c1-34-20-21-18-22(14-16-24(21)33(34)37)35-31-13-7-4-10-27(31)28-19-23(15-17-32(28)35)36-29-11-5-2-8-25(29)26-9-3-6-12-30(26)36/h2-19H,20H2,1H3. The summed E-state index contributed by atoms with van der Waals surface area (Å²) in [4.78, 5) is 14.2. The van der Waals surface area contributed by atoms with E-state index in [2.05, 4.69) is 112 Å². The lowest BCUT2D eigenvalue weighted by Gasteiger charge is -2.11. The molecule has 0 aliphatic carbocycles. The van der Waals surface area contributed by atoms with Crippen LogP contribution in [0.1, 0.15) is 15.9 Å². The number of amides is 1. The number of rotatable bonds is 2. The average molecular weight is 478 g/mol. The monoisotopic (exact) mass is 477 g/mol. The van der Waals surface area contributed by atoms with Crippen LogP contribution in [0.4, 0.5) is 0 Å². The Balaban J connectivity index is 1.41. The molecule has 0 atom stereocenters. The first kappa shape index (κ1) is 20.4. The van der Waals surface area contributed by atoms with Gasteiger partial charge in [0.25, 0.3) is 5.91 Å². The highest BCUT2D eigenvalue weighted by Gasteiger charge is 2.25. The van der Waals surface area contributed by atoms with Crippen molar-refractivity contribution in [3.05, 3.63) is 120 Å². The Labute approximate surface area is 213 Å². The lowest BCUT2D eigenvalue weighted by molar-refractivity contribution is 0.0816. The Morgan fingerprint density at radius 2 is 1.03 bits per heavy atom. The summed E-state index contributed by atoms with van der Waals surface area (Å²) in [5, 5.41) is 4.95. The van der Waals surface area contributed by atoms with Crippen LogP contribution in [0.3, 0.4) is 0 Å². The van der Waals surface area contributed by atoms with Gasteiger partial charge in [-0.3, -0.25) is 4.79 Å². The van der Waals surface area contributed by atoms with E-state index in [1.54, 1.807) is 4.90 Å². The molecule has 0 N–H and O–H groups in total. The van der Waals surface area contributed by atoms with Crippen molar-refractivity contribution in [1.82, 2.24) is 14.0 Å². The number of aromatic nitrogens is 2. The molecule has 37 heavy (non-hydrogen) atoms. The Bertz CT molecular complexity index is 2010. The van der Waals surface area contributed by atoms with Gasteiger partial charge in [-0.25, -0.2) is 0 Å². The van der Waals surface area contributed by atoms with E-state index in [0.717, 1.165) is 33.5 Å². The molecule has 5 aromatic carbocycles. The molecule has 0 saturated carbocycles. The third-order valence-corrected chi connectivity index (χ3v) is 7.83. The summed E-state index contributed by atoms with van der Waals surface area (Å²) in [7, 11) is 1.86. The van der Waals surface area contributed by atoms with E-state index in [-0.39, 0.29) is 5.91 Å². The van der Waals surface area contributed by atoms with E-state index in [9.17, 15) is 4.79 Å². The van der Waals surface area contributed by atoms with E-state index < -0.39 is 0 Å². The summed E-state index contributed by atoms with van der Waals surface area (Å²) in [6.45, 7) is 0.650. The van der Waals surface area contributed by atoms with Crippen molar-refractivity contribution in [2.24, 2.45) is 0 Å². The molecule has 8 rings (SSSR count). The molecule has 0 spiro atoms. The molecule has 0 unspecified atom stereocenters. The van der Waals surface area contributed by atoms with Crippen molar-refractivity contribution >= 4 is 49.5 Å². The second-order valence-electron chi connectivity index (χ2n) is 9.93. The van der Waals surface area contributed by atoms with Gasteiger partial charge in [-0.1, -0.05) is 54.6 Å². The molecule has 0 fully saturated rings. The molecule has 4 nitrogen and oxygen atoms in total. The minimum absolute atomic E-state index is 0.0968. The lowest BCUT2D eigenvalue weighted by Crippen LogP contribution is -2.17. The fourth-order valence-electron chi connectivity index (χ4n) is 6.17. The van der Waals surface area contributed by atoms with Crippen molar-refractivity contribution in [2.75, 3.05) is 7.05 Å². The number of fused-ring (bicyclic) bond motifs is 7. The highest BCUT2D eigenvalue weighted by atomic mass is 16.2. The topological polar surface area (TPSA) is 30.2 Å². The minimum Gasteiger partial charge on any atom is -0.337 e. The molecule has 7 aromatic rings. The third-order valence-electron chi connectivity index (χ3n) is 7.83. The van der Waals surface area contributed by atoms with E-state index >= 15 is 0 Å². The third kappa shape index (κ3) is 2.75. The van der Waals surface area contributed by atoms with Gasteiger partial charge in [0.2, 0.25) is 0 Å². The first-order chi connectivity index (χ1) is 18.2. The van der Waals surface area contributed by atoms with E-state index in [4.69, 9.17) is 0 Å². The highest BCUT2D eigenvalue weighted by molar-refractivity contribution is 6.12. The summed E-state index contributed by atoms with van der Waals surface area (Å²) < 4.78 is 4.69. The lowest BCUT2D eigenvalue weighted by atomic mass is 10.1. The Hall–Kier alpha value is -4.83. The van der Waals surface area contributed by atoms with Crippen LogP contribution >= 0.6 is 0 Å². The fraction of sp³-hybridized carbons (Fsp3) is 0.0606. The molecule has 4 heteroatoms. The zero-order chi connectivity index (χ0) is 24.7. The maximum Gasteiger partial charge on any atom is 0.254 e. The van der Waals surface area contributed by atoms with Crippen LogP contribution < -0.4 is 0 Å². The van der Waals surface area contributed by atoms with E-state index in [1.807, 2.05) is 13.1 Å². The van der Waals surface area contributed by atoms with E-state index in [0.29, 0.717) is 6.54 Å². The van der Waals surface area contributed by atoms with Crippen molar-refractivity contribution in [1.29, 1.82) is 0 Å². The molecule has 0 saturated heterocycles. The van der Waals surface area contributed by atoms with Gasteiger partial charge >= 0.3 is 0 Å². The minimum atomic E-state index is 0.0968. The molecule has 176 valence electrons. The number of hydrogen-bond acceptors (Lipinski definition) is 1. The van der Waals surface area contributed by atoms with Crippen molar-refractivity contribution in [3.63, 3.8) is 0 Å². The number of hydrogen-bond donors (Lipinski definition) is 0. The maximum absolute atomic E-state index is 12.5. The van der Waals surface area contributed by atoms with Gasteiger partial charge in [0.05, 0.1) is 22.1 Å². The average Bonchev–Trinajstić information content (AvgIpc) is 3.55. The van der Waals surface area contributed by atoms with Gasteiger partial charge in [0.15, 0.2) is 0 Å². The zero-order valence-corrected chi connectivity index (χ0v) is 20.3. The van der Waals surface area contributed by atoms with Crippen molar-refractivity contribution in [3.8, 4) is 11.4 Å². The first-order valence-electron chi connectivity index (χ1n) is 12.6. The second-order valence-corrected chi connectivity index (χ2v) is 9.93. The fourth-order valence-corrected chi connectivity index (χ4v) is 6.17. The van der Waals surface area contributed by atoms with Crippen molar-refractivity contribution in [2.45, 2.75) is 6.54 Å². The Morgan fingerprint density at radius 1 is 0.541 bits per heavy atom. The smallest absolute Gasteiger partial charge is 0.254 e. The molecular weight excluding hydrogens is 454 g/mol. The number of nitrogens with zero attached hydrogens (tertiary/aromatic N) is 3. The Morgan fingerprint density at radius 3 is 1.65 bits per heavy atom. The second kappa shape index (κ2) is 7.34. The van der Waals surface area contributed by atoms with E-state index in [1.165, 1.54) is 32.6 Å². The molecule has 3 heterocycles. The van der Waals surface area contributed by atoms with Crippen LogP contribution in [0.25, 0.3) is 55.0 Å². The predicted molar refractivity (Wildman–Crippen MR) is 151 cm³/mol. The van der Waals surface area contributed by atoms with Gasteiger partial charge < -0.3 is 14.0 Å². The van der Waals surface area contributed by atoms with Crippen LogP contribution in [-0.2, 0) is 6.54 Å². The molecule has 1 aliphatic heterocycles. The first-order valence-corrected chi connectivity index (χ1v) is 12.6. The molecule has 0 bridgehead atoms. The van der Waals surface area contributed by atoms with Crippen LogP contribution in [0, 0.1) is 0 Å². The van der Waals surface area contributed by atoms with Crippen LogP contribution in [-0.4, -0.2) is 27.0 Å². The normalized spacial score (nSPS) is 13.4. The molecule has 1 aliphatic rings. The van der Waals surface area contributed by atoms with Crippen LogP contribution in [0.15, 0.2) is 109 Å². The maximum atomic E-state index is 12.5. The SMILES string of the molecule is CN1Cc2cc(-n3c4ccccc4c4cc(-n5c6ccccc6c6ccccc65)ccc43)ccc2C1=O. The predicted octanol–water partition coefficient (Wildman–Crippen LogP) is 7.47. The van der Waals surface area contributed by atoms with Gasteiger partial charge in [-0.15, -0.1) is 0 Å². The molecule has 2 aromatic heterocycles. The summed E-state index contributed by atoms with van der Waals surface area (Å²) in [5.41, 5.74) is 8.85. The van der Waals surface area contributed by atoms with Gasteiger partial charge in [-0.05, 0) is 60.2 Å². The molecule has 1 amide bonds. The number of benzene rings is 5. The Kier molecular flexibility index (Phi) is 4.04. The number of para-hydroxylation sites is 3. The van der Waals surface area contributed by atoms with Crippen LogP contribution in [0.5, 0.6) is 0 Å². The quantitative estimate of drug-likeness (QED) is 0.254. The molecule has 0 radical (unpaired) electrons. The summed E-state index contributed by atoms with van der Waals surface area (Å²) in [5.74, 6) is 0.0968. The molecular formula is C33H23N3O. The van der Waals surface area contributed by atoms with Crippen molar-refractivity contribution < 1.29 is 4.79 Å².